The van der Waals surface area contributed by atoms with Crippen molar-refractivity contribution >= 4 is 11.4 Å². The molecule has 0 amide bonds. The van der Waals surface area contributed by atoms with Gasteiger partial charge in [0.15, 0.2) is 0 Å². The summed E-state index contributed by atoms with van der Waals surface area (Å²) in [6.45, 7) is 8.43. The number of nitro groups is 1. The van der Waals surface area contributed by atoms with Gasteiger partial charge in [0.2, 0.25) is 5.69 Å². The smallest absolute Gasteiger partial charge is 0.273 e. The van der Waals surface area contributed by atoms with E-state index in [0.717, 1.165) is 0 Å². The molecule has 72 valence electrons. The van der Waals surface area contributed by atoms with Gasteiger partial charge in [-0.3, -0.25) is 10.1 Å². The normalized spacial score (nSPS) is 9.21. The molecule has 0 saturated carbocycles. The molecular weight excluding hydrogens is 184 g/mol. The van der Waals surface area contributed by atoms with Crippen molar-refractivity contribution in [3.05, 3.63) is 39.2 Å². The van der Waals surface area contributed by atoms with Crippen LogP contribution in [0.15, 0.2) is 12.1 Å². The van der Waals surface area contributed by atoms with Crippen molar-refractivity contribution in [2.24, 2.45) is 0 Å². The SMILES string of the molecule is [C-]#[N+]c1cc(C)c([N+](=O)[O-])cc1OC. The highest BCUT2D eigenvalue weighted by Crippen LogP contribution is 2.34. The Hall–Kier alpha value is -2.09. The van der Waals surface area contributed by atoms with Gasteiger partial charge in [-0.1, -0.05) is 0 Å². The van der Waals surface area contributed by atoms with Crippen LogP contribution in [0.25, 0.3) is 4.85 Å². The van der Waals surface area contributed by atoms with E-state index in [4.69, 9.17) is 11.3 Å². The van der Waals surface area contributed by atoms with E-state index in [2.05, 4.69) is 4.85 Å². The van der Waals surface area contributed by atoms with Crippen LogP contribution in [-0.4, -0.2) is 12.0 Å². The van der Waals surface area contributed by atoms with Crippen molar-refractivity contribution in [3.63, 3.8) is 0 Å². The topological polar surface area (TPSA) is 56.7 Å². The highest BCUT2D eigenvalue weighted by molar-refractivity contribution is 5.64. The van der Waals surface area contributed by atoms with Crippen molar-refractivity contribution in [3.8, 4) is 5.75 Å². The summed E-state index contributed by atoms with van der Waals surface area (Å²) in [6, 6.07) is 2.71. The van der Waals surface area contributed by atoms with Gasteiger partial charge >= 0.3 is 0 Å². The summed E-state index contributed by atoms with van der Waals surface area (Å²) in [4.78, 5) is 13.3. The van der Waals surface area contributed by atoms with Gasteiger partial charge < -0.3 is 4.74 Å². The number of ether oxygens (including phenoxy) is 1. The Kier molecular flexibility index (Phi) is 2.67. The second-order valence-corrected chi connectivity index (χ2v) is 2.68. The second-order valence-electron chi connectivity index (χ2n) is 2.68. The number of rotatable bonds is 2. The summed E-state index contributed by atoms with van der Waals surface area (Å²) < 4.78 is 4.86. The van der Waals surface area contributed by atoms with Crippen molar-refractivity contribution in [1.82, 2.24) is 0 Å². The zero-order valence-corrected chi connectivity index (χ0v) is 7.77. The van der Waals surface area contributed by atoms with E-state index in [1.807, 2.05) is 0 Å². The van der Waals surface area contributed by atoms with Crippen LogP contribution < -0.4 is 4.74 Å². The van der Waals surface area contributed by atoms with Gasteiger partial charge in [0.05, 0.1) is 18.6 Å². The molecule has 0 spiro atoms. The monoisotopic (exact) mass is 192 g/mol. The lowest BCUT2D eigenvalue weighted by atomic mass is 10.1. The quantitative estimate of drug-likeness (QED) is 0.411. The van der Waals surface area contributed by atoms with Crippen LogP contribution in [0, 0.1) is 23.6 Å². The fourth-order valence-corrected chi connectivity index (χ4v) is 1.11. The molecule has 1 aromatic rings. The molecule has 0 unspecified atom stereocenters. The molecule has 0 aliphatic heterocycles. The third kappa shape index (κ3) is 1.64. The van der Waals surface area contributed by atoms with Crippen molar-refractivity contribution in [2.45, 2.75) is 6.92 Å². The van der Waals surface area contributed by atoms with E-state index in [1.54, 1.807) is 6.92 Å². The Morgan fingerprint density at radius 3 is 2.64 bits per heavy atom. The first-order valence-electron chi connectivity index (χ1n) is 3.80. The molecule has 0 bridgehead atoms. The van der Waals surface area contributed by atoms with E-state index >= 15 is 0 Å². The summed E-state index contributed by atoms with van der Waals surface area (Å²) in [5, 5.41) is 10.6. The zero-order chi connectivity index (χ0) is 10.7. The molecule has 5 nitrogen and oxygen atoms in total. The molecule has 0 N–H and O–H groups in total. The van der Waals surface area contributed by atoms with Crippen LogP contribution in [0.5, 0.6) is 5.75 Å². The molecule has 0 heterocycles. The third-order valence-corrected chi connectivity index (χ3v) is 1.81. The summed E-state index contributed by atoms with van der Waals surface area (Å²) >= 11 is 0. The Bertz CT molecular complexity index is 421. The first kappa shape index (κ1) is 9.99. The van der Waals surface area contributed by atoms with Crippen LogP contribution >= 0.6 is 0 Å². The number of methoxy groups -OCH3 is 1. The summed E-state index contributed by atoms with van der Waals surface area (Å²) in [6.07, 6.45) is 0. The van der Waals surface area contributed by atoms with E-state index < -0.39 is 4.92 Å². The van der Waals surface area contributed by atoms with Crippen molar-refractivity contribution in [2.75, 3.05) is 7.11 Å². The van der Waals surface area contributed by atoms with Crippen LogP contribution in [0.3, 0.4) is 0 Å². The molecule has 0 atom stereocenters. The van der Waals surface area contributed by atoms with Crippen molar-refractivity contribution in [1.29, 1.82) is 0 Å². The van der Waals surface area contributed by atoms with Gasteiger partial charge in [0.1, 0.15) is 5.75 Å². The molecule has 0 radical (unpaired) electrons. The predicted octanol–water partition coefficient (Wildman–Crippen LogP) is 2.46. The summed E-state index contributed by atoms with van der Waals surface area (Å²) in [5.41, 5.74) is 0.714. The molecule has 14 heavy (non-hydrogen) atoms. The van der Waals surface area contributed by atoms with Crippen LogP contribution in [0.4, 0.5) is 11.4 Å². The summed E-state index contributed by atoms with van der Waals surface area (Å²) in [7, 11) is 1.38. The van der Waals surface area contributed by atoms with Gasteiger partial charge in [-0.25, -0.2) is 4.85 Å². The lowest BCUT2D eigenvalue weighted by Crippen LogP contribution is -1.93. The average Bonchev–Trinajstić information content (AvgIpc) is 2.16. The Morgan fingerprint density at radius 1 is 1.57 bits per heavy atom. The standard InChI is InChI=1S/C9H8N2O3/c1-6-4-7(10-2)9(14-3)5-8(6)11(12)13/h4-5H,1,3H3. The third-order valence-electron chi connectivity index (χ3n) is 1.81. The zero-order valence-electron chi connectivity index (χ0n) is 7.77. The second kappa shape index (κ2) is 3.75. The molecule has 0 aliphatic carbocycles. The minimum atomic E-state index is -0.494. The first-order valence-corrected chi connectivity index (χ1v) is 3.80. The Balaban J connectivity index is 3.39. The predicted molar refractivity (Wildman–Crippen MR) is 50.6 cm³/mol. The number of hydrogen-bond donors (Lipinski definition) is 0. The maximum absolute atomic E-state index is 10.6. The van der Waals surface area contributed by atoms with Crippen molar-refractivity contribution < 1.29 is 9.66 Å². The van der Waals surface area contributed by atoms with Gasteiger partial charge in [-0.15, -0.1) is 0 Å². The van der Waals surface area contributed by atoms with E-state index in [9.17, 15) is 10.1 Å². The fourth-order valence-electron chi connectivity index (χ4n) is 1.11. The van der Waals surface area contributed by atoms with Gasteiger partial charge in [-0.05, 0) is 13.0 Å². The van der Waals surface area contributed by atoms with E-state index in [-0.39, 0.29) is 17.1 Å². The average molecular weight is 192 g/mol. The molecule has 0 aromatic heterocycles. The van der Waals surface area contributed by atoms with Crippen LogP contribution in [-0.2, 0) is 0 Å². The number of aryl methyl sites for hydroxylation is 1. The molecule has 1 rings (SSSR count). The molecule has 5 heteroatoms. The Labute approximate surface area is 80.9 Å². The fraction of sp³-hybridized carbons (Fsp3) is 0.222. The largest absolute Gasteiger partial charge is 0.508 e. The highest BCUT2D eigenvalue weighted by atomic mass is 16.6. The van der Waals surface area contributed by atoms with Gasteiger partial charge in [0, 0.05) is 11.6 Å². The number of hydrogen-bond acceptors (Lipinski definition) is 3. The lowest BCUT2D eigenvalue weighted by Gasteiger charge is -2.04. The molecular formula is C9H8N2O3. The summed E-state index contributed by atoms with van der Waals surface area (Å²) in [5.74, 6) is 0.234. The van der Waals surface area contributed by atoms with Crippen LogP contribution in [0.1, 0.15) is 5.56 Å². The molecule has 1 aromatic carbocycles. The number of nitro benzene ring substituents is 1. The maximum atomic E-state index is 10.6. The minimum Gasteiger partial charge on any atom is -0.508 e. The maximum Gasteiger partial charge on any atom is 0.273 e. The molecule has 0 saturated heterocycles. The van der Waals surface area contributed by atoms with Crippen LogP contribution in [0.2, 0.25) is 0 Å². The molecule has 0 fully saturated rings. The highest BCUT2D eigenvalue weighted by Gasteiger charge is 2.15. The first-order chi connectivity index (χ1) is 6.60. The minimum absolute atomic E-state index is 0.0331. The van der Waals surface area contributed by atoms with Gasteiger partial charge in [-0.2, -0.15) is 0 Å². The van der Waals surface area contributed by atoms with Gasteiger partial charge in [0.25, 0.3) is 5.69 Å². The lowest BCUT2D eigenvalue weighted by molar-refractivity contribution is -0.385. The number of nitrogens with zero attached hydrogens (tertiary/aromatic N) is 2. The molecule has 0 aliphatic rings. The van der Waals surface area contributed by atoms with E-state index in [0.29, 0.717) is 5.56 Å². The number of benzene rings is 1. The Morgan fingerprint density at radius 2 is 2.21 bits per heavy atom. The van der Waals surface area contributed by atoms with E-state index in [1.165, 1.54) is 19.2 Å².